The first-order valence-electron chi connectivity index (χ1n) is 8.17. The Morgan fingerprint density at radius 2 is 2.07 bits per heavy atom. The molecule has 5 nitrogen and oxygen atoms in total. The normalized spacial score (nSPS) is 16.8. The smallest absolute Gasteiger partial charge is 0.432 e. The van der Waals surface area contributed by atoms with E-state index in [0.29, 0.717) is 30.0 Å². The van der Waals surface area contributed by atoms with Gasteiger partial charge in [0.05, 0.1) is 15.7 Å². The highest BCUT2D eigenvalue weighted by molar-refractivity contribution is 9.10. The molecule has 0 aliphatic carbocycles. The number of benzene rings is 1. The molecule has 1 saturated heterocycles. The Kier molecular flexibility index (Phi) is 6.03. The number of rotatable bonds is 4. The zero-order valence-corrected chi connectivity index (χ0v) is 16.6. The first kappa shape index (κ1) is 20.7. The summed E-state index contributed by atoms with van der Waals surface area (Å²) in [6.07, 6.45) is -4.45. The van der Waals surface area contributed by atoms with Crippen molar-refractivity contribution in [2.75, 3.05) is 6.61 Å². The molecular weight excluding hydrogens is 465 g/mol. The van der Waals surface area contributed by atoms with Crippen molar-refractivity contribution < 1.29 is 27.4 Å². The van der Waals surface area contributed by atoms with E-state index in [1.807, 2.05) is 0 Å². The van der Waals surface area contributed by atoms with Crippen molar-refractivity contribution in [2.24, 2.45) is 0 Å². The predicted molar refractivity (Wildman–Crippen MR) is 97.4 cm³/mol. The summed E-state index contributed by atoms with van der Waals surface area (Å²) in [6.45, 7) is -0.316. The van der Waals surface area contributed by atoms with Gasteiger partial charge in [-0.2, -0.15) is 18.4 Å². The van der Waals surface area contributed by atoms with E-state index in [1.54, 1.807) is 6.07 Å². The molecule has 0 amide bonds. The second-order valence-electron chi connectivity index (χ2n) is 6.02. The molecule has 2 heterocycles. The van der Waals surface area contributed by atoms with E-state index in [2.05, 4.69) is 15.9 Å². The number of halogens is 5. The molecule has 1 fully saturated rings. The highest BCUT2D eigenvalue weighted by Gasteiger charge is 2.41. The quantitative estimate of drug-likeness (QED) is 0.572. The predicted octanol–water partition coefficient (Wildman–Crippen LogP) is 5.14. The highest BCUT2D eigenvalue weighted by atomic mass is 79.9. The van der Waals surface area contributed by atoms with Crippen LogP contribution in [0.4, 0.5) is 13.2 Å². The van der Waals surface area contributed by atoms with Crippen LogP contribution in [0.1, 0.15) is 24.1 Å². The maximum atomic E-state index is 13.7. The summed E-state index contributed by atoms with van der Waals surface area (Å²) >= 11 is 8.73. The Morgan fingerprint density at radius 1 is 1.39 bits per heavy atom. The van der Waals surface area contributed by atoms with Gasteiger partial charge in [-0.3, -0.25) is 0 Å². The van der Waals surface area contributed by atoms with Crippen molar-refractivity contribution in [1.29, 1.82) is 5.26 Å². The number of esters is 1. The van der Waals surface area contributed by atoms with Gasteiger partial charge in [-0.1, -0.05) is 23.7 Å². The van der Waals surface area contributed by atoms with Gasteiger partial charge in [-0.25, -0.2) is 4.79 Å². The van der Waals surface area contributed by atoms with Crippen LogP contribution in [-0.2, 0) is 27.2 Å². The fraction of sp³-hybridized carbons (Fsp3) is 0.333. The third-order valence-electron chi connectivity index (χ3n) is 4.23. The Morgan fingerprint density at radius 3 is 2.61 bits per heavy atom. The first-order chi connectivity index (χ1) is 13.2. The second kappa shape index (κ2) is 8.15. The number of hydrogen-bond acceptors (Lipinski definition) is 4. The number of carbonyl (C=O) groups is 1. The van der Waals surface area contributed by atoms with Gasteiger partial charge in [-0.05, 0) is 46.5 Å². The van der Waals surface area contributed by atoms with Gasteiger partial charge in [-0.15, -0.1) is 0 Å². The molecule has 0 bridgehead atoms. The van der Waals surface area contributed by atoms with E-state index >= 15 is 0 Å². The SMILES string of the molecule is N#Cc1c(Br)c(C(F)(F)F)n(COC(=O)C2CCCO2)c1-c1ccc(Cl)cc1. The first-order valence-corrected chi connectivity index (χ1v) is 9.34. The molecular formula is C18H13BrClF3N2O3. The van der Waals surface area contributed by atoms with E-state index in [9.17, 15) is 23.2 Å². The molecule has 0 saturated carbocycles. The molecule has 28 heavy (non-hydrogen) atoms. The summed E-state index contributed by atoms with van der Waals surface area (Å²) in [5.74, 6) is -0.740. The van der Waals surface area contributed by atoms with E-state index < -0.39 is 35.1 Å². The molecule has 0 N–H and O–H groups in total. The average Bonchev–Trinajstić information content (AvgIpc) is 3.26. The molecule has 10 heteroatoms. The number of nitrogens with zero attached hydrogens (tertiary/aromatic N) is 2. The fourth-order valence-corrected chi connectivity index (χ4v) is 3.83. The fourth-order valence-electron chi connectivity index (χ4n) is 2.99. The highest BCUT2D eigenvalue weighted by Crippen LogP contribution is 2.43. The topological polar surface area (TPSA) is 64.2 Å². The lowest BCUT2D eigenvalue weighted by atomic mass is 10.1. The van der Waals surface area contributed by atoms with E-state index in [1.165, 1.54) is 24.3 Å². The summed E-state index contributed by atoms with van der Waals surface area (Å²) in [4.78, 5) is 12.1. The standard InChI is InChI=1S/C18H13BrClF3N2O3/c19-14-12(8-24)15(10-3-5-11(20)6-4-10)25(16(14)18(21,22)23)9-28-17(26)13-2-1-7-27-13/h3-6,13H,1-2,7,9H2. The summed E-state index contributed by atoms with van der Waals surface area (Å²) in [5, 5.41) is 9.84. The van der Waals surface area contributed by atoms with Gasteiger partial charge >= 0.3 is 12.1 Å². The van der Waals surface area contributed by atoms with Crippen LogP contribution >= 0.6 is 27.5 Å². The molecule has 0 spiro atoms. The molecule has 1 aliphatic heterocycles. The number of carbonyl (C=O) groups excluding carboxylic acids is 1. The minimum absolute atomic E-state index is 0.0292. The molecule has 2 aromatic rings. The van der Waals surface area contributed by atoms with Crippen molar-refractivity contribution in [3.63, 3.8) is 0 Å². The Bertz CT molecular complexity index is 930. The van der Waals surface area contributed by atoms with Crippen LogP contribution < -0.4 is 0 Å². The molecule has 3 rings (SSSR count). The molecule has 148 valence electrons. The minimum Gasteiger partial charge on any atom is -0.442 e. The van der Waals surface area contributed by atoms with Crippen LogP contribution in [0.3, 0.4) is 0 Å². The summed E-state index contributed by atoms with van der Waals surface area (Å²) in [7, 11) is 0. The van der Waals surface area contributed by atoms with Crippen molar-refractivity contribution in [2.45, 2.75) is 31.9 Å². The number of nitriles is 1. The van der Waals surface area contributed by atoms with Crippen molar-refractivity contribution in [3.05, 3.63) is 45.0 Å². The maximum absolute atomic E-state index is 13.7. The maximum Gasteiger partial charge on any atom is 0.432 e. The lowest BCUT2D eigenvalue weighted by Gasteiger charge is -2.17. The zero-order valence-electron chi connectivity index (χ0n) is 14.2. The van der Waals surface area contributed by atoms with E-state index in [-0.39, 0.29) is 11.3 Å². The lowest BCUT2D eigenvalue weighted by molar-refractivity contribution is -0.162. The molecule has 1 aliphatic rings. The minimum atomic E-state index is -4.79. The summed E-state index contributed by atoms with van der Waals surface area (Å²) in [5.41, 5.74) is -1.04. The summed E-state index contributed by atoms with van der Waals surface area (Å²) < 4.78 is 51.7. The Balaban J connectivity index is 2.07. The molecule has 1 unspecified atom stereocenters. The number of aromatic nitrogens is 1. The van der Waals surface area contributed by atoms with E-state index in [4.69, 9.17) is 21.1 Å². The van der Waals surface area contributed by atoms with Gasteiger partial charge in [0.25, 0.3) is 0 Å². The van der Waals surface area contributed by atoms with E-state index in [0.717, 1.165) is 4.57 Å². The third-order valence-corrected chi connectivity index (χ3v) is 5.25. The van der Waals surface area contributed by atoms with Gasteiger partial charge < -0.3 is 14.0 Å². The van der Waals surface area contributed by atoms with Crippen molar-refractivity contribution >= 4 is 33.5 Å². The van der Waals surface area contributed by atoms with Crippen LogP contribution in [0.2, 0.25) is 5.02 Å². The number of ether oxygens (including phenoxy) is 2. The van der Waals surface area contributed by atoms with Crippen LogP contribution in [0.25, 0.3) is 11.3 Å². The Labute approximate surface area is 171 Å². The van der Waals surface area contributed by atoms with Gasteiger partial charge in [0.15, 0.2) is 12.8 Å². The zero-order chi connectivity index (χ0) is 20.5. The second-order valence-corrected chi connectivity index (χ2v) is 7.25. The van der Waals surface area contributed by atoms with Gasteiger partial charge in [0, 0.05) is 11.6 Å². The molecule has 0 radical (unpaired) electrons. The lowest BCUT2D eigenvalue weighted by Crippen LogP contribution is -2.25. The van der Waals surface area contributed by atoms with Crippen LogP contribution in [0.15, 0.2) is 28.7 Å². The summed E-state index contributed by atoms with van der Waals surface area (Å²) in [6, 6.07) is 7.76. The van der Waals surface area contributed by atoms with Crippen LogP contribution in [-0.4, -0.2) is 23.2 Å². The molecule has 1 aromatic heterocycles. The van der Waals surface area contributed by atoms with Gasteiger partial charge in [0.1, 0.15) is 11.8 Å². The third kappa shape index (κ3) is 4.04. The molecule has 1 aromatic carbocycles. The number of hydrogen-bond donors (Lipinski definition) is 0. The van der Waals surface area contributed by atoms with Crippen LogP contribution in [0.5, 0.6) is 0 Å². The van der Waals surface area contributed by atoms with Gasteiger partial charge in [0.2, 0.25) is 0 Å². The average molecular weight is 478 g/mol. The van der Waals surface area contributed by atoms with Crippen molar-refractivity contribution in [3.8, 4) is 17.3 Å². The van der Waals surface area contributed by atoms with Crippen molar-refractivity contribution in [1.82, 2.24) is 4.57 Å². The van der Waals surface area contributed by atoms with Crippen LogP contribution in [0, 0.1) is 11.3 Å². The molecule has 1 atom stereocenters. The number of alkyl halides is 3. The monoisotopic (exact) mass is 476 g/mol. The largest absolute Gasteiger partial charge is 0.442 e. The Hall–Kier alpha value is -2.02.